The van der Waals surface area contributed by atoms with Crippen molar-refractivity contribution in [3.8, 4) is 0 Å². The van der Waals surface area contributed by atoms with Gasteiger partial charge in [-0.2, -0.15) is 5.10 Å². The Morgan fingerprint density at radius 3 is 2.57 bits per heavy atom. The summed E-state index contributed by atoms with van der Waals surface area (Å²) in [5.74, 6) is 0.246. The Morgan fingerprint density at radius 1 is 1.29 bits per heavy atom. The van der Waals surface area contributed by atoms with Gasteiger partial charge in [-0.05, 0) is 17.7 Å². The molecule has 4 heterocycles. The minimum absolute atomic E-state index is 0.0359. The first-order valence-corrected chi connectivity index (χ1v) is 7.63. The van der Waals surface area contributed by atoms with Gasteiger partial charge in [0.1, 0.15) is 17.6 Å². The SMILES string of the molecule is CC(=O)N1N=C2C3CC[NH+](CC3)[C@@H]2[C@H]1c1ccc(F)cc1. The van der Waals surface area contributed by atoms with Gasteiger partial charge >= 0.3 is 0 Å². The van der Waals surface area contributed by atoms with E-state index in [1.54, 1.807) is 24.1 Å². The molecule has 2 atom stereocenters. The lowest BCUT2D eigenvalue weighted by molar-refractivity contribution is -0.927. The van der Waals surface area contributed by atoms with Gasteiger partial charge in [0.25, 0.3) is 0 Å². The Hall–Kier alpha value is -1.75. The number of nitrogens with one attached hydrogen (secondary N) is 1. The monoisotopic (exact) mass is 288 g/mol. The number of amides is 1. The van der Waals surface area contributed by atoms with Gasteiger partial charge in [-0.1, -0.05) is 12.1 Å². The quantitative estimate of drug-likeness (QED) is 0.814. The number of nitrogens with zero attached hydrogens (tertiary/aromatic N) is 2. The third kappa shape index (κ3) is 1.91. The third-order valence-corrected chi connectivity index (χ3v) is 5.14. The highest BCUT2D eigenvalue weighted by atomic mass is 19.1. The summed E-state index contributed by atoms with van der Waals surface area (Å²) in [4.78, 5) is 13.5. The number of fused-ring (bicyclic) bond motifs is 2. The second-order valence-electron chi connectivity index (χ2n) is 6.30. The number of hydrazone groups is 1. The van der Waals surface area contributed by atoms with Crippen molar-refractivity contribution in [2.45, 2.75) is 31.8 Å². The summed E-state index contributed by atoms with van der Waals surface area (Å²) < 4.78 is 13.2. The summed E-state index contributed by atoms with van der Waals surface area (Å²) in [6.07, 6.45) is 2.35. The van der Waals surface area contributed by atoms with Gasteiger partial charge in [0.2, 0.25) is 5.91 Å². The second-order valence-corrected chi connectivity index (χ2v) is 6.30. The molecule has 4 nitrogen and oxygen atoms in total. The Morgan fingerprint density at radius 2 is 1.95 bits per heavy atom. The molecule has 1 aromatic rings. The van der Waals surface area contributed by atoms with E-state index in [-0.39, 0.29) is 23.8 Å². The summed E-state index contributed by atoms with van der Waals surface area (Å²) in [5, 5.41) is 6.28. The third-order valence-electron chi connectivity index (χ3n) is 5.14. The van der Waals surface area contributed by atoms with Gasteiger partial charge in [0, 0.05) is 25.7 Å². The maximum Gasteiger partial charge on any atom is 0.240 e. The molecule has 110 valence electrons. The molecule has 3 saturated heterocycles. The standard InChI is InChI=1S/C16H18FN3O/c1-10(21)20-15(12-2-4-13(17)5-3-12)16-14(18-20)11-6-8-19(16)9-7-11/h2-5,11,15-16H,6-9H2,1H3/p+1/t15-,16+/m1/s1. The topological polar surface area (TPSA) is 37.1 Å². The molecule has 1 N–H and O–H groups in total. The van der Waals surface area contributed by atoms with Crippen LogP contribution in [0, 0.1) is 11.7 Å². The molecule has 4 aliphatic rings. The molecule has 21 heavy (non-hydrogen) atoms. The molecule has 0 aromatic heterocycles. The molecular weight excluding hydrogens is 269 g/mol. The number of benzene rings is 1. The number of carbonyl (C=O) groups is 1. The number of hydrogen-bond donors (Lipinski definition) is 1. The zero-order valence-corrected chi connectivity index (χ0v) is 12.1. The van der Waals surface area contributed by atoms with E-state index in [1.807, 2.05) is 0 Å². The fourth-order valence-electron chi connectivity index (χ4n) is 4.17. The van der Waals surface area contributed by atoms with E-state index in [4.69, 9.17) is 0 Å². The lowest BCUT2D eigenvalue weighted by Crippen LogP contribution is -3.20. The molecule has 1 aromatic carbocycles. The summed E-state index contributed by atoms with van der Waals surface area (Å²) in [6.45, 7) is 3.86. The Bertz CT molecular complexity index is 604. The molecular formula is C16H19FN3O+. The van der Waals surface area contributed by atoms with Gasteiger partial charge in [-0.15, -0.1) is 0 Å². The Labute approximate surface area is 123 Å². The molecule has 0 radical (unpaired) electrons. The van der Waals surface area contributed by atoms with Crippen LogP contribution in [-0.2, 0) is 4.79 Å². The van der Waals surface area contributed by atoms with Crippen molar-refractivity contribution in [3.05, 3.63) is 35.6 Å². The highest BCUT2D eigenvalue weighted by molar-refractivity contribution is 5.95. The van der Waals surface area contributed by atoms with E-state index in [2.05, 4.69) is 5.10 Å². The summed E-state index contributed by atoms with van der Waals surface area (Å²) >= 11 is 0. The maximum atomic E-state index is 13.2. The molecule has 0 unspecified atom stereocenters. The van der Waals surface area contributed by atoms with Crippen LogP contribution in [0.5, 0.6) is 0 Å². The normalized spacial score (nSPS) is 33.8. The van der Waals surface area contributed by atoms with Crippen LogP contribution in [0.1, 0.15) is 31.4 Å². The van der Waals surface area contributed by atoms with Crippen molar-refractivity contribution in [3.63, 3.8) is 0 Å². The van der Waals surface area contributed by atoms with Crippen LogP contribution in [0.3, 0.4) is 0 Å². The predicted molar refractivity (Wildman–Crippen MR) is 76.3 cm³/mol. The van der Waals surface area contributed by atoms with Crippen LogP contribution in [0.2, 0.25) is 0 Å². The molecule has 0 saturated carbocycles. The highest BCUT2D eigenvalue weighted by Crippen LogP contribution is 2.36. The smallest absolute Gasteiger partial charge is 0.240 e. The van der Waals surface area contributed by atoms with Crippen molar-refractivity contribution in [2.24, 2.45) is 11.0 Å². The van der Waals surface area contributed by atoms with Crippen LogP contribution >= 0.6 is 0 Å². The van der Waals surface area contributed by atoms with Gasteiger partial charge in [-0.25, -0.2) is 9.40 Å². The molecule has 3 fully saturated rings. The average molecular weight is 288 g/mol. The van der Waals surface area contributed by atoms with E-state index in [0.29, 0.717) is 5.92 Å². The van der Waals surface area contributed by atoms with Crippen molar-refractivity contribution < 1.29 is 14.1 Å². The molecule has 5 rings (SSSR count). The Balaban J connectivity index is 1.77. The van der Waals surface area contributed by atoms with Crippen molar-refractivity contribution in [1.29, 1.82) is 0 Å². The number of rotatable bonds is 1. The van der Waals surface area contributed by atoms with Crippen molar-refractivity contribution in [2.75, 3.05) is 13.1 Å². The molecule has 4 aliphatic heterocycles. The number of piperidine rings is 3. The van der Waals surface area contributed by atoms with Crippen LogP contribution < -0.4 is 4.90 Å². The highest BCUT2D eigenvalue weighted by Gasteiger charge is 2.53. The first-order valence-electron chi connectivity index (χ1n) is 7.63. The Kier molecular flexibility index (Phi) is 2.85. The van der Waals surface area contributed by atoms with E-state index in [1.165, 1.54) is 35.6 Å². The second kappa shape index (κ2) is 4.63. The van der Waals surface area contributed by atoms with Crippen LogP contribution in [0.4, 0.5) is 4.39 Å². The molecule has 0 spiro atoms. The van der Waals surface area contributed by atoms with Gasteiger partial charge in [-0.3, -0.25) is 4.79 Å². The first-order chi connectivity index (χ1) is 10.1. The summed E-state index contributed by atoms with van der Waals surface area (Å²) in [5.41, 5.74) is 2.17. The average Bonchev–Trinajstić information content (AvgIpc) is 2.92. The van der Waals surface area contributed by atoms with E-state index >= 15 is 0 Å². The van der Waals surface area contributed by atoms with Crippen molar-refractivity contribution in [1.82, 2.24) is 5.01 Å². The number of carbonyl (C=O) groups excluding carboxylic acids is 1. The lowest BCUT2D eigenvalue weighted by atomic mass is 9.78. The predicted octanol–water partition coefficient (Wildman–Crippen LogP) is 0.762. The van der Waals surface area contributed by atoms with Gasteiger partial charge in [0.05, 0.1) is 13.1 Å². The first kappa shape index (κ1) is 13.0. The van der Waals surface area contributed by atoms with Gasteiger partial charge < -0.3 is 4.90 Å². The fraction of sp³-hybridized carbons (Fsp3) is 0.500. The van der Waals surface area contributed by atoms with E-state index in [9.17, 15) is 9.18 Å². The molecule has 1 amide bonds. The summed E-state index contributed by atoms with van der Waals surface area (Å²) in [6, 6.07) is 6.70. The van der Waals surface area contributed by atoms with Gasteiger partial charge in [0.15, 0.2) is 6.04 Å². The molecule has 5 heteroatoms. The minimum atomic E-state index is -0.245. The van der Waals surface area contributed by atoms with E-state index in [0.717, 1.165) is 18.7 Å². The zero-order chi connectivity index (χ0) is 14.6. The van der Waals surface area contributed by atoms with Crippen LogP contribution in [0.25, 0.3) is 0 Å². The number of hydrogen-bond acceptors (Lipinski definition) is 2. The summed E-state index contributed by atoms with van der Waals surface area (Å²) in [7, 11) is 0. The lowest BCUT2D eigenvalue weighted by Gasteiger charge is -2.42. The van der Waals surface area contributed by atoms with Crippen LogP contribution in [-0.4, -0.2) is 35.8 Å². The largest absolute Gasteiger partial charge is 0.326 e. The van der Waals surface area contributed by atoms with Crippen molar-refractivity contribution >= 4 is 11.6 Å². The number of quaternary nitrogens is 1. The minimum Gasteiger partial charge on any atom is -0.326 e. The maximum absolute atomic E-state index is 13.2. The molecule has 0 aliphatic carbocycles. The van der Waals surface area contributed by atoms with Crippen LogP contribution in [0.15, 0.2) is 29.4 Å². The fourth-order valence-corrected chi connectivity index (χ4v) is 4.17. The zero-order valence-electron chi connectivity index (χ0n) is 12.1. The molecule has 2 bridgehead atoms. The van der Waals surface area contributed by atoms with E-state index < -0.39 is 0 Å². The number of halogens is 1.